The van der Waals surface area contributed by atoms with Crippen molar-refractivity contribution in [2.45, 2.75) is 69.4 Å². The monoisotopic (exact) mass is 991 g/mol. The van der Waals surface area contributed by atoms with Crippen LogP contribution in [0.25, 0.3) is 22.0 Å². The number of nitrogens with zero attached hydrogens (tertiary/aromatic N) is 6. The molecule has 374 valence electrons. The third kappa shape index (κ3) is 9.05. The molecule has 1 aromatic heterocycles. The lowest BCUT2D eigenvalue weighted by molar-refractivity contribution is -0.138. The van der Waals surface area contributed by atoms with Crippen molar-refractivity contribution < 1.29 is 37.4 Å². The van der Waals surface area contributed by atoms with Crippen molar-refractivity contribution in [3.8, 4) is 22.6 Å². The molecule has 10 rings (SSSR count). The molecular formula is C53H60ClF2N9O6. The number of imide groups is 1. The quantitative estimate of drug-likeness (QED) is 0.115. The van der Waals surface area contributed by atoms with Crippen LogP contribution in [-0.4, -0.2) is 115 Å². The van der Waals surface area contributed by atoms with Crippen molar-refractivity contribution in [2.24, 2.45) is 24.6 Å². The number of nitrogens with two attached hydrogens (primary N) is 1. The number of anilines is 2. The Morgan fingerprint density at radius 3 is 2.35 bits per heavy atom. The van der Waals surface area contributed by atoms with E-state index in [1.54, 1.807) is 4.68 Å². The fourth-order valence-corrected chi connectivity index (χ4v) is 12.0. The zero-order chi connectivity index (χ0) is 49.7. The minimum atomic E-state index is -1.07. The Kier molecular flexibility index (Phi) is 13.4. The lowest BCUT2D eigenvalue weighted by Gasteiger charge is -2.41. The van der Waals surface area contributed by atoms with E-state index in [2.05, 4.69) is 42.6 Å². The fraction of sp³-hybridized carbons (Fsp3) is 0.453. The van der Waals surface area contributed by atoms with Crippen molar-refractivity contribution >= 4 is 57.8 Å². The summed E-state index contributed by atoms with van der Waals surface area (Å²) in [5.74, 6) is -2.05. The normalized spacial score (nSPS) is 23.2. The highest BCUT2D eigenvalue weighted by molar-refractivity contribution is 6.34. The lowest BCUT2D eigenvalue weighted by Crippen LogP contribution is -2.50. The molecule has 5 heterocycles. The van der Waals surface area contributed by atoms with E-state index >= 15 is 8.78 Å². The van der Waals surface area contributed by atoms with Crippen LogP contribution in [0, 0.1) is 23.5 Å². The first-order valence-corrected chi connectivity index (χ1v) is 25.1. The Balaban J connectivity index is 0.726. The molecule has 2 atom stereocenters. The van der Waals surface area contributed by atoms with Gasteiger partial charge in [0.1, 0.15) is 11.6 Å². The first-order valence-electron chi connectivity index (χ1n) is 24.7. The maximum Gasteiger partial charge on any atom is 0.329 e. The highest BCUT2D eigenvalue weighted by Crippen LogP contribution is 2.56. The molecule has 0 radical (unpaired) electrons. The van der Waals surface area contributed by atoms with E-state index in [1.807, 2.05) is 50.4 Å². The number of primary amides is 1. The van der Waals surface area contributed by atoms with Gasteiger partial charge in [-0.15, -0.1) is 0 Å². The van der Waals surface area contributed by atoms with Crippen LogP contribution < -0.4 is 35.6 Å². The minimum absolute atomic E-state index is 0.000234. The van der Waals surface area contributed by atoms with Crippen molar-refractivity contribution in [2.75, 3.05) is 75.8 Å². The number of methoxy groups -OCH3 is 1. The van der Waals surface area contributed by atoms with Gasteiger partial charge in [-0.2, -0.15) is 5.10 Å². The summed E-state index contributed by atoms with van der Waals surface area (Å²) < 4.78 is 45.9. The summed E-state index contributed by atoms with van der Waals surface area (Å²) in [6.07, 6.45) is 5.33. The molecule has 0 spiro atoms. The molecule has 3 saturated heterocycles. The summed E-state index contributed by atoms with van der Waals surface area (Å²) in [5.41, 5.74) is 7.61. The molecule has 0 bridgehead atoms. The lowest BCUT2D eigenvalue weighted by atomic mass is 9.77. The van der Waals surface area contributed by atoms with E-state index in [0.29, 0.717) is 30.4 Å². The maximum atomic E-state index is 16.2. The zero-order valence-electron chi connectivity index (χ0n) is 40.3. The number of aryl methyl sites for hydroxylation is 1. The van der Waals surface area contributed by atoms with Gasteiger partial charge in [0.05, 0.1) is 23.2 Å². The van der Waals surface area contributed by atoms with Crippen molar-refractivity contribution in [3.05, 3.63) is 100 Å². The molecule has 2 unspecified atom stereocenters. The minimum Gasteiger partial charge on any atom is -0.494 e. The maximum absolute atomic E-state index is 16.2. The molecule has 18 heteroatoms. The van der Waals surface area contributed by atoms with Crippen LogP contribution in [0.1, 0.15) is 79.3 Å². The predicted octanol–water partition coefficient (Wildman–Crippen LogP) is 7.33. The highest BCUT2D eigenvalue weighted by atomic mass is 35.5. The number of rotatable bonds is 12. The summed E-state index contributed by atoms with van der Waals surface area (Å²) in [4.78, 5) is 59.5. The van der Waals surface area contributed by atoms with Gasteiger partial charge in [-0.25, -0.2) is 13.6 Å². The number of piperazine rings is 1. The van der Waals surface area contributed by atoms with E-state index < -0.39 is 35.1 Å². The van der Waals surface area contributed by atoms with Crippen LogP contribution in [0.4, 0.5) is 25.1 Å². The summed E-state index contributed by atoms with van der Waals surface area (Å²) in [6, 6.07) is 19.4. The number of halogens is 3. The summed E-state index contributed by atoms with van der Waals surface area (Å²) in [7, 11) is 3.18. The number of nitrogens with one attached hydrogen (secondary N) is 2. The molecule has 4 aliphatic heterocycles. The van der Waals surface area contributed by atoms with Crippen LogP contribution in [0.15, 0.2) is 66.7 Å². The van der Waals surface area contributed by atoms with Crippen LogP contribution >= 0.6 is 11.6 Å². The number of ether oxygens (including phenoxy) is 2. The highest BCUT2D eigenvalue weighted by Gasteiger charge is 2.50. The Morgan fingerprint density at radius 2 is 1.66 bits per heavy atom. The summed E-state index contributed by atoms with van der Waals surface area (Å²) in [5, 5.41) is 11.3. The van der Waals surface area contributed by atoms with Crippen LogP contribution in [0.3, 0.4) is 0 Å². The van der Waals surface area contributed by atoms with Gasteiger partial charge in [0, 0.05) is 124 Å². The topological polar surface area (TPSA) is 168 Å². The Morgan fingerprint density at radius 1 is 0.930 bits per heavy atom. The molecular weight excluding hydrogens is 932 g/mol. The smallest absolute Gasteiger partial charge is 0.329 e. The average Bonchev–Trinajstić information content (AvgIpc) is 3.86. The number of carbonyl (C=O) groups excluding carboxylic acids is 4. The van der Waals surface area contributed by atoms with Gasteiger partial charge in [-0.05, 0) is 80.3 Å². The molecule has 4 fully saturated rings. The number of likely N-dealkylation sites (tertiary alicyclic amines) is 1. The molecule has 5 amide bonds. The van der Waals surface area contributed by atoms with Gasteiger partial charge in [0.2, 0.25) is 17.7 Å². The fourth-order valence-electron chi connectivity index (χ4n) is 11.8. The number of urea groups is 1. The Bertz CT molecular complexity index is 2880. The third-order valence-electron chi connectivity index (χ3n) is 15.8. The number of benzene rings is 4. The molecule has 71 heavy (non-hydrogen) atoms. The second-order valence-electron chi connectivity index (χ2n) is 19.8. The number of aromatic nitrogens is 2. The van der Waals surface area contributed by atoms with Gasteiger partial charge in [-0.1, -0.05) is 48.9 Å². The number of fused-ring (bicyclic) bond motifs is 2. The first kappa shape index (κ1) is 48.3. The summed E-state index contributed by atoms with van der Waals surface area (Å²) in [6.45, 7) is 8.83. The molecule has 1 aliphatic carbocycles. The number of hydrogen-bond donors (Lipinski definition) is 3. The van der Waals surface area contributed by atoms with E-state index in [0.717, 1.165) is 106 Å². The summed E-state index contributed by atoms with van der Waals surface area (Å²) >= 11 is 6.70. The zero-order valence-corrected chi connectivity index (χ0v) is 41.1. The van der Waals surface area contributed by atoms with Gasteiger partial charge in [-0.3, -0.25) is 34.2 Å². The first-order chi connectivity index (χ1) is 34.2. The second kappa shape index (κ2) is 19.7. The Labute approximate surface area is 416 Å². The van der Waals surface area contributed by atoms with Gasteiger partial charge in [0.15, 0.2) is 23.0 Å². The predicted molar refractivity (Wildman–Crippen MR) is 267 cm³/mol. The molecule has 4 aromatic carbocycles. The number of piperidine rings is 1. The number of carbonyl (C=O) groups is 4. The van der Waals surface area contributed by atoms with Crippen molar-refractivity contribution in [3.63, 3.8) is 0 Å². The van der Waals surface area contributed by atoms with Crippen LogP contribution in [-0.2, 0) is 22.2 Å². The largest absolute Gasteiger partial charge is 0.494 e. The number of amides is 5. The van der Waals surface area contributed by atoms with Gasteiger partial charge >= 0.3 is 6.03 Å². The van der Waals surface area contributed by atoms with Crippen molar-refractivity contribution in [1.82, 2.24) is 30.2 Å². The molecule has 5 aliphatic rings. The third-order valence-corrected chi connectivity index (χ3v) is 16.2. The van der Waals surface area contributed by atoms with Crippen LogP contribution in [0.2, 0.25) is 5.02 Å². The molecule has 1 saturated carbocycles. The second-order valence-corrected chi connectivity index (χ2v) is 20.2. The van der Waals surface area contributed by atoms with Crippen LogP contribution in [0.5, 0.6) is 11.5 Å². The van der Waals surface area contributed by atoms with Crippen molar-refractivity contribution in [1.29, 1.82) is 0 Å². The Hall–Kier alpha value is -6.30. The van der Waals surface area contributed by atoms with E-state index in [9.17, 15) is 19.2 Å². The van der Waals surface area contributed by atoms with E-state index in [4.69, 9.17) is 26.8 Å². The average molecular weight is 993 g/mol. The SMILES string of the molecule is COc1ccc(C(N)=O)c(-c2c(Cl)c(F)cc3c2C(C)C(CNC2CCC(C(=O)N4CCC(CN5CCN(c6ccc7c(N8CCC(=O)NC8=O)nn(C)c7c6)CC5)CC4)CC2)(c2ccccc2)O3)c1F. The van der Waals surface area contributed by atoms with E-state index in [-0.39, 0.29) is 63.4 Å². The molecule has 5 aromatic rings. The van der Waals surface area contributed by atoms with Gasteiger partial charge in [0.25, 0.3) is 0 Å². The van der Waals surface area contributed by atoms with E-state index in [1.165, 1.54) is 30.2 Å². The molecule has 15 nitrogen and oxygen atoms in total. The van der Waals surface area contributed by atoms with Gasteiger partial charge < -0.3 is 30.3 Å². The molecule has 4 N–H and O–H groups in total. The standard InChI is InChI=1S/C53H60ClF2N9O6/c1-31-44-42(28-39(55)47(54)46(44)45-38(49(57)67)15-16-41(70-3)48(45)56)71-53(31,34-7-5-4-6-8-34)30-58-35-11-9-33(10-12-35)51(68)64-20-17-32(18-21-64)29-62-23-25-63(26-24-62)36-13-14-37-40(27-36)61(2)60-50(37)65-22-19-43(66)59-52(65)69/h4-8,13-16,27-28,31-33,35,58H,9-12,17-26,29-30H2,1-3H3,(H2,57,67)(H,59,66,69). The number of hydrogen-bond acceptors (Lipinski definition) is 10.